The first-order valence-corrected chi connectivity index (χ1v) is 12.5. The lowest BCUT2D eigenvalue weighted by molar-refractivity contribution is -0.137. The third-order valence-electron chi connectivity index (χ3n) is 5.24. The average Bonchev–Trinajstić information content (AvgIpc) is 3.11. The van der Waals surface area contributed by atoms with Crippen LogP contribution in [0.15, 0.2) is 76.1 Å². The van der Waals surface area contributed by atoms with Crippen LogP contribution >= 0.6 is 27.7 Å². The molecule has 0 unspecified atom stereocenters. The number of carbonyl (C=O) groups excluding carboxylic acids is 3. The van der Waals surface area contributed by atoms with Crippen LogP contribution in [-0.4, -0.2) is 28.5 Å². The van der Waals surface area contributed by atoms with Gasteiger partial charge in [-0.3, -0.25) is 19.3 Å². The van der Waals surface area contributed by atoms with E-state index in [2.05, 4.69) is 21.2 Å². The first kappa shape index (κ1) is 27.4. The molecule has 4 rings (SSSR count). The molecule has 196 valence electrons. The Kier molecular flexibility index (Phi) is 8.22. The number of hydrogen-bond donors (Lipinski definition) is 1. The summed E-state index contributed by atoms with van der Waals surface area (Å²) in [5.74, 6) is -1.49. The molecule has 3 amide bonds. The van der Waals surface area contributed by atoms with E-state index in [0.29, 0.717) is 38.0 Å². The van der Waals surface area contributed by atoms with E-state index >= 15 is 0 Å². The molecule has 3 aromatic rings. The number of benzene rings is 3. The monoisotopic (exact) mass is 608 g/mol. The fraction of sp³-hybridized carbons (Fsp3) is 0.115. The number of carbonyl (C=O) groups is 3. The smallest absolute Gasteiger partial charge is 0.416 e. The lowest BCUT2D eigenvalue weighted by atomic mass is 10.2. The Morgan fingerprint density at radius 3 is 2.53 bits per heavy atom. The molecule has 1 aliphatic rings. The van der Waals surface area contributed by atoms with E-state index in [-0.39, 0.29) is 23.0 Å². The van der Waals surface area contributed by atoms with Gasteiger partial charge in [-0.2, -0.15) is 13.2 Å². The second-order valence-corrected chi connectivity index (χ2v) is 9.81. The number of amides is 3. The highest BCUT2D eigenvalue weighted by molar-refractivity contribution is 9.10. The number of nitrogens with one attached hydrogen (secondary N) is 1. The van der Waals surface area contributed by atoms with Gasteiger partial charge in [-0.05, 0) is 75.7 Å². The van der Waals surface area contributed by atoms with Crippen LogP contribution < -0.4 is 10.1 Å². The third-order valence-corrected chi connectivity index (χ3v) is 6.77. The minimum atomic E-state index is -4.59. The molecule has 1 fully saturated rings. The van der Waals surface area contributed by atoms with Crippen LogP contribution in [0.3, 0.4) is 0 Å². The number of nitrogens with zero attached hydrogens (tertiary/aromatic N) is 1. The number of rotatable bonds is 7. The van der Waals surface area contributed by atoms with Crippen molar-refractivity contribution in [3.8, 4) is 5.75 Å². The van der Waals surface area contributed by atoms with Crippen molar-refractivity contribution in [2.75, 3.05) is 11.9 Å². The van der Waals surface area contributed by atoms with Gasteiger partial charge in [0.25, 0.3) is 11.1 Å². The Morgan fingerprint density at radius 2 is 1.82 bits per heavy atom. The second-order valence-electron chi connectivity index (χ2n) is 7.96. The van der Waals surface area contributed by atoms with Crippen LogP contribution in [-0.2, 0) is 22.4 Å². The average molecular weight is 609 g/mol. The molecule has 1 heterocycles. The molecule has 0 atom stereocenters. The number of ether oxygens (including phenoxy) is 1. The number of hydrogen-bond acceptors (Lipinski definition) is 5. The van der Waals surface area contributed by atoms with Crippen molar-refractivity contribution < 1.29 is 36.7 Å². The van der Waals surface area contributed by atoms with E-state index in [4.69, 9.17) is 4.74 Å². The van der Waals surface area contributed by atoms with Crippen LogP contribution in [0.1, 0.15) is 16.7 Å². The Bertz CT molecular complexity index is 1440. The highest BCUT2D eigenvalue weighted by Gasteiger charge is 2.36. The zero-order valence-corrected chi connectivity index (χ0v) is 21.6. The van der Waals surface area contributed by atoms with Crippen molar-refractivity contribution in [2.24, 2.45) is 0 Å². The lowest BCUT2D eigenvalue weighted by Gasteiger charge is -2.13. The largest absolute Gasteiger partial charge is 0.488 e. The fourth-order valence-corrected chi connectivity index (χ4v) is 4.75. The molecule has 0 aromatic heterocycles. The van der Waals surface area contributed by atoms with E-state index in [1.54, 1.807) is 36.4 Å². The first-order valence-electron chi connectivity index (χ1n) is 10.9. The van der Waals surface area contributed by atoms with Crippen molar-refractivity contribution in [2.45, 2.75) is 12.8 Å². The summed E-state index contributed by atoms with van der Waals surface area (Å²) < 4.78 is 58.6. The van der Waals surface area contributed by atoms with E-state index in [0.717, 1.165) is 18.2 Å². The van der Waals surface area contributed by atoms with Crippen LogP contribution in [0, 0.1) is 5.82 Å². The van der Waals surface area contributed by atoms with Gasteiger partial charge in [0, 0.05) is 11.3 Å². The number of imide groups is 1. The van der Waals surface area contributed by atoms with E-state index in [1.165, 1.54) is 18.2 Å². The summed E-state index contributed by atoms with van der Waals surface area (Å²) in [6, 6.07) is 15.1. The Labute approximate surface area is 226 Å². The molecule has 0 radical (unpaired) electrons. The van der Waals surface area contributed by atoms with Gasteiger partial charge in [-0.25, -0.2) is 4.39 Å². The Balaban J connectivity index is 1.40. The molecular formula is C26H17BrF4N2O4S. The maximum Gasteiger partial charge on any atom is 0.416 e. The molecule has 38 heavy (non-hydrogen) atoms. The number of thioether (sulfide) groups is 1. The SMILES string of the molecule is O=C(CN1C(=O)S/C(=C\c2ccc(OCc3ccccc3F)c(Br)c2)C1=O)Nc1cccc(C(F)(F)F)c1. The Hall–Kier alpha value is -3.64. The number of halogens is 5. The normalized spacial score (nSPS) is 14.8. The summed E-state index contributed by atoms with van der Waals surface area (Å²) in [7, 11) is 0. The lowest BCUT2D eigenvalue weighted by Crippen LogP contribution is -2.36. The quantitative estimate of drug-likeness (QED) is 0.234. The molecule has 0 saturated carbocycles. The summed E-state index contributed by atoms with van der Waals surface area (Å²) >= 11 is 4.00. The summed E-state index contributed by atoms with van der Waals surface area (Å²) in [6.45, 7) is -0.656. The molecule has 0 spiro atoms. The number of alkyl halides is 3. The predicted octanol–water partition coefficient (Wildman–Crippen LogP) is 6.86. The molecular weight excluding hydrogens is 592 g/mol. The highest BCUT2D eigenvalue weighted by Crippen LogP contribution is 2.34. The van der Waals surface area contributed by atoms with E-state index < -0.39 is 35.3 Å². The van der Waals surface area contributed by atoms with Gasteiger partial charge in [0.1, 0.15) is 24.7 Å². The molecule has 1 saturated heterocycles. The van der Waals surface area contributed by atoms with Crippen LogP contribution in [0.5, 0.6) is 5.75 Å². The van der Waals surface area contributed by atoms with Gasteiger partial charge in [0.05, 0.1) is 14.9 Å². The fourth-order valence-electron chi connectivity index (χ4n) is 3.40. The van der Waals surface area contributed by atoms with Gasteiger partial charge in [-0.15, -0.1) is 0 Å². The zero-order chi connectivity index (χ0) is 27.4. The van der Waals surface area contributed by atoms with Crippen LogP contribution in [0.25, 0.3) is 6.08 Å². The second kappa shape index (κ2) is 11.4. The maximum absolute atomic E-state index is 13.8. The van der Waals surface area contributed by atoms with E-state index in [1.807, 2.05) is 0 Å². The van der Waals surface area contributed by atoms with Crippen LogP contribution in [0.2, 0.25) is 0 Å². The van der Waals surface area contributed by atoms with Gasteiger partial charge >= 0.3 is 6.18 Å². The summed E-state index contributed by atoms with van der Waals surface area (Å²) in [5, 5.41) is 1.58. The maximum atomic E-state index is 13.8. The van der Waals surface area contributed by atoms with Crippen LogP contribution in [0.4, 0.5) is 28.0 Å². The first-order chi connectivity index (χ1) is 18.0. The molecule has 0 aliphatic carbocycles. The minimum absolute atomic E-state index is 0.00602. The summed E-state index contributed by atoms with van der Waals surface area (Å²) in [4.78, 5) is 38.2. The van der Waals surface area contributed by atoms with Gasteiger partial charge in [0.15, 0.2) is 0 Å². The zero-order valence-electron chi connectivity index (χ0n) is 19.2. The van der Waals surface area contributed by atoms with Crippen molar-refractivity contribution >= 4 is 56.5 Å². The van der Waals surface area contributed by atoms with Crippen molar-refractivity contribution in [3.05, 3.63) is 98.6 Å². The summed E-state index contributed by atoms with van der Waals surface area (Å²) in [6.07, 6.45) is -3.13. The van der Waals surface area contributed by atoms with Crippen molar-refractivity contribution in [1.82, 2.24) is 4.90 Å². The Morgan fingerprint density at radius 1 is 1.05 bits per heavy atom. The standard InChI is InChI=1S/C26H17BrF4N2O4S/c27-19-10-15(8-9-21(19)37-14-16-4-1-2-7-20(16)28)11-22-24(35)33(25(36)38-22)13-23(34)32-18-6-3-5-17(12-18)26(29,30)31/h1-12H,13-14H2,(H,32,34)/b22-11-. The highest BCUT2D eigenvalue weighted by atomic mass is 79.9. The van der Waals surface area contributed by atoms with Gasteiger partial charge in [-0.1, -0.05) is 30.3 Å². The van der Waals surface area contributed by atoms with Gasteiger partial charge in [0.2, 0.25) is 5.91 Å². The molecule has 12 heteroatoms. The van der Waals surface area contributed by atoms with Gasteiger partial charge < -0.3 is 10.1 Å². The predicted molar refractivity (Wildman–Crippen MR) is 138 cm³/mol. The number of anilines is 1. The molecule has 6 nitrogen and oxygen atoms in total. The molecule has 3 aromatic carbocycles. The molecule has 1 N–H and O–H groups in total. The van der Waals surface area contributed by atoms with Crippen molar-refractivity contribution in [3.63, 3.8) is 0 Å². The van der Waals surface area contributed by atoms with E-state index in [9.17, 15) is 31.9 Å². The third kappa shape index (κ3) is 6.62. The molecule has 0 bridgehead atoms. The van der Waals surface area contributed by atoms with Crippen molar-refractivity contribution in [1.29, 1.82) is 0 Å². The summed E-state index contributed by atoms with van der Waals surface area (Å²) in [5.41, 5.74) is -0.128. The topological polar surface area (TPSA) is 75.7 Å². The molecule has 1 aliphatic heterocycles. The minimum Gasteiger partial charge on any atom is -0.488 e.